The number of carbonyl (C=O) groups is 1. The third-order valence-corrected chi connectivity index (χ3v) is 6.18. The molecule has 27 heavy (non-hydrogen) atoms. The van der Waals surface area contributed by atoms with Crippen LogP contribution in [0.5, 0.6) is 5.75 Å². The Labute approximate surface area is 162 Å². The van der Waals surface area contributed by atoms with Gasteiger partial charge in [-0.05, 0) is 61.8 Å². The molecule has 1 aliphatic carbocycles. The van der Waals surface area contributed by atoms with Crippen molar-refractivity contribution in [2.24, 2.45) is 0 Å². The first-order valence-electron chi connectivity index (χ1n) is 10.6. The first-order valence-corrected chi connectivity index (χ1v) is 10.6. The molecule has 5 nitrogen and oxygen atoms in total. The van der Waals surface area contributed by atoms with Crippen molar-refractivity contribution in [3.63, 3.8) is 0 Å². The second-order valence-corrected chi connectivity index (χ2v) is 8.03. The van der Waals surface area contributed by atoms with E-state index in [9.17, 15) is 4.79 Å². The minimum atomic E-state index is 0.291. The molecule has 5 heteroatoms. The first-order chi connectivity index (χ1) is 13.3. The summed E-state index contributed by atoms with van der Waals surface area (Å²) in [6, 6.07) is 6.54. The van der Waals surface area contributed by atoms with Gasteiger partial charge in [0.05, 0.1) is 6.10 Å². The fourth-order valence-corrected chi connectivity index (χ4v) is 4.47. The molecule has 2 aliphatic heterocycles. The molecule has 3 aliphatic rings. The molecule has 4 rings (SSSR count). The molecule has 1 amide bonds. The molecule has 2 heterocycles. The highest BCUT2D eigenvalue weighted by atomic mass is 16.5. The Balaban J connectivity index is 1.13. The lowest BCUT2D eigenvalue weighted by atomic mass is 10.1. The summed E-state index contributed by atoms with van der Waals surface area (Å²) in [4.78, 5) is 16.8. The number of ether oxygens (including phenoxy) is 2. The number of nitrogens with zero attached hydrogens (tertiary/aromatic N) is 2. The van der Waals surface area contributed by atoms with Gasteiger partial charge in [0.2, 0.25) is 5.91 Å². The smallest absolute Gasteiger partial charge is 0.222 e. The molecule has 2 saturated heterocycles. The molecule has 0 radical (unpaired) electrons. The van der Waals surface area contributed by atoms with Crippen LogP contribution in [0.25, 0.3) is 0 Å². The highest BCUT2D eigenvalue weighted by molar-refractivity contribution is 5.76. The van der Waals surface area contributed by atoms with E-state index in [1.54, 1.807) is 0 Å². The Bertz CT molecular complexity index is 634. The van der Waals surface area contributed by atoms with Gasteiger partial charge in [-0.15, -0.1) is 0 Å². The predicted octanol–water partition coefficient (Wildman–Crippen LogP) is 2.66. The first kappa shape index (κ1) is 18.8. The van der Waals surface area contributed by atoms with Crippen LogP contribution in [-0.4, -0.2) is 67.7 Å². The number of carbonyl (C=O) groups excluding carboxylic acids is 1. The fourth-order valence-electron chi connectivity index (χ4n) is 4.47. The van der Waals surface area contributed by atoms with Crippen LogP contribution >= 0.6 is 0 Å². The van der Waals surface area contributed by atoms with Crippen LogP contribution in [0, 0.1) is 0 Å². The van der Waals surface area contributed by atoms with E-state index in [4.69, 9.17) is 9.47 Å². The number of benzene rings is 1. The summed E-state index contributed by atoms with van der Waals surface area (Å²) in [6.07, 6.45) is 7.76. The molecule has 0 aromatic heterocycles. The van der Waals surface area contributed by atoms with E-state index in [2.05, 4.69) is 23.1 Å². The van der Waals surface area contributed by atoms with E-state index in [0.29, 0.717) is 25.0 Å². The van der Waals surface area contributed by atoms with Gasteiger partial charge >= 0.3 is 0 Å². The summed E-state index contributed by atoms with van der Waals surface area (Å²) in [7, 11) is 0. The van der Waals surface area contributed by atoms with Gasteiger partial charge in [-0.25, -0.2) is 0 Å². The Morgan fingerprint density at radius 2 is 1.96 bits per heavy atom. The van der Waals surface area contributed by atoms with E-state index in [1.807, 2.05) is 4.90 Å². The normalized spacial score (nSPS) is 22.8. The third kappa shape index (κ3) is 5.02. The molecule has 1 atom stereocenters. The molecule has 0 N–H and O–H groups in total. The molecule has 148 valence electrons. The van der Waals surface area contributed by atoms with Gasteiger partial charge in [0, 0.05) is 45.8 Å². The maximum Gasteiger partial charge on any atom is 0.222 e. The Morgan fingerprint density at radius 3 is 2.78 bits per heavy atom. The molecule has 2 fully saturated rings. The van der Waals surface area contributed by atoms with Crippen molar-refractivity contribution in [1.29, 1.82) is 0 Å². The van der Waals surface area contributed by atoms with Gasteiger partial charge in [0.1, 0.15) is 12.4 Å². The van der Waals surface area contributed by atoms with Crippen LogP contribution in [0.4, 0.5) is 0 Å². The molecular formula is C22H32N2O3. The molecule has 0 unspecified atom stereocenters. The summed E-state index contributed by atoms with van der Waals surface area (Å²) >= 11 is 0. The average molecular weight is 373 g/mol. The molecule has 1 aromatic rings. The number of amides is 1. The summed E-state index contributed by atoms with van der Waals surface area (Å²) in [5.74, 6) is 1.29. The highest BCUT2D eigenvalue weighted by Gasteiger charge is 2.23. The van der Waals surface area contributed by atoms with Crippen LogP contribution in [-0.2, 0) is 22.4 Å². The zero-order chi connectivity index (χ0) is 18.5. The zero-order valence-corrected chi connectivity index (χ0v) is 16.3. The number of piperazine rings is 1. The van der Waals surface area contributed by atoms with Crippen molar-refractivity contribution in [1.82, 2.24) is 9.80 Å². The van der Waals surface area contributed by atoms with Crippen molar-refractivity contribution in [2.75, 3.05) is 45.9 Å². The summed E-state index contributed by atoms with van der Waals surface area (Å²) in [6.45, 7) is 6.07. The minimum absolute atomic E-state index is 0.291. The molecule has 0 bridgehead atoms. The number of rotatable bonds is 7. The van der Waals surface area contributed by atoms with Crippen molar-refractivity contribution in [3.8, 4) is 5.75 Å². The lowest BCUT2D eigenvalue weighted by Gasteiger charge is -2.34. The lowest BCUT2D eigenvalue weighted by Crippen LogP contribution is -2.49. The average Bonchev–Trinajstić information content (AvgIpc) is 3.38. The van der Waals surface area contributed by atoms with Gasteiger partial charge < -0.3 is 14.4 Å². The number of hydrogen-bond donors (Lipinski definition) is 0. The van der Waals surface area contributed by atoms with Crippen LogP contribution in [0.3, 0.4) is 0 Å². The van der Waals surface area contributed by atoms with Gasteiger partial charge in [-0.2, -0.15) is 0 Å². The Morgan fingerprint density at radius 1 is 1.11 bits per heavy atom. The summed E-state index contributed by atoms with van der Waals surface area (Å²) in [5.41, 5.74) is 2.95. The molecule has 0 saturated carbocycles. The largest absolute Gasteiger partial charge is 0.492 e. The van der Waals surface area contributed by atoms with Crippen LogP contribution in [0.15, 0.2) is 18.2 Å². The van der Waals surface area contributed by atoms with Crippen LogP contribution < -0.4 is 4.74 Å². The maximum atomic E-state index is 12.4. The van der Waals surface area contributed by atoms with Gasteiger partial charge in [-0.3, -0.25) is 9.69 Å². The number of aryl methyl sites for hydroxylation is 2. The predicted molar refractivity (Wildman–Crippen MR) is 105 cm³/mol. The van der Waals surface area contributed by atoms with E-state index in [-0.39, 0.29) is 0 Å². The highest BCUT2D eigenvalue weighted by Crippen LogP contribution is 2.26. The van der Waals surface area contributed by atoms with Gasteiger partial charge in [0.25, 0.3) is 0 Å². The van der Waals surface area contributed by atoms with E-state index in [0.717, 1.165) is 64.3 Å². The summed E-state index contributed by atoms with van der Waals surface area (Å²) in [5, 5.41) is 0. The molecular weight excluding hydrogens is 340 g/mol. The van der Waals surface area contributed by atoms with Gasteiger partial charge in [-0.1, -0.05) is 6.07 Å². The Hall–Kier alpha value is -1.59. The quantitative estimate of drug-likeness (QED) is 0.738. The monoisotopic (exact) mass is 372 g/mol. The Kier molecular flexibility index (Phi) is 6.30. The zero-order valence-electron chi connectivity index (χ0n) is 16.3. The second-order valence-electron chi connectivity index (χ2n) is 8.03. The molecule has 1 aromatic carbocycles. The number of hydrogen-bond acceptors (Lipinski definition) is 4. The van der Waals surface area contributed by atoms with Crippen molar-refractivity contribution in [3.05, 3.63) is 29.3 Å². The van der Waals surface area contributed by atoms with Gasteiger partial charge in [0.15, 0.2) is 0 Å². The maximum absolute atomic E-state index is 12.4. The lowest BCUT2D eigenvalue weighted by molar-refractivity contribution is -0.133. The summed E-state index contributed by atoms with van der Waals surface area (Å²) < 4.78 is 11.6. The molecule has 0 spiro atoms. The van der Waals surface area contributed by atoms with E-state index in [1.165, 1.54) is 30.4 Å². The van der Waals surface area contributed by atoms with E-state index >= 15 is 0 Å². The van der Waals surface area contributed by atoms with Crippen molar-refractivity contribution < 1.29 is 14.3 Å². The second kappa shape index (κ2) is 9.07. The fraction of sp³-hybridized carbons (Fsp3) is 0.682. The topological polar surface area (TPSA) is 42.0 Å². The van der Waals surface area contributed by atoms with Crippen LogP contribution in [0.1, 0.15) is 43.2 Å². The SMILES string of the molecule is O=C(CC[C@H]1CCCO1)N1CCN(CCOc2ccc3c(c2)CCC3)CC1. The van der Waals surface area contributed by atoms with Crippen molar-refractivity contribution >= 4 is 5.91 Å². The van der Waals surface area contributed by atoms with Crippen LogP contribution in [0.2, 0.25) is 0 Å². The standard InChI is InChI=1S/C22H32N2O3/c25-22(9-8-20-5-2-15-26-20)24-12-10-23(11-13-24)14-16-27-21-7-6-18-3-1-4-19(18)17-21/h6-7,17,20H,1-5,8-16H2/t20-/m1/s1. The number of fused-ring (bicyclic) bond motifs is 1. The third-order valence-electron chi connectivity index (χ3n) is 6.18. The van der Waals surface area contributed by atoms with Crippen molar-refractivity contribution in [2.45, 2.75) is 51.0 Å². The minimum Gasteiger partial charge on any atom is -0.492 e. The van der Waals surface area contributed by atoms with E-state index < -0.39 is 0 Å².